The summed E-state index contributed by atoms with van der Waals surface area (Å²) in [6, 6.07) is 0. The fourth-order valence-electron chi connectivity index (χ4n) is 2.21. The Morgan fingerprint density at radius 2 is 2.28 bits per heavy atom. The number of hydrogen-bond acceptors (Lipinski definition) is 6. The van der Waals surface area contributed by atoms with E-state index in [0.717, 1.165) is 49.1 Å². The van der Waals surface area contributed by atoms with Crippen molar-refractivity contribution in [1.29, 1.82) is 0 Å². The minimum Gasteiger partial charge on any atom is -0.340 e. The van der Waals surface area contributed by atoms with Crippen LogP contribution in [0.5, 0.6) is 0 Å². The van der Waals surface area contributed by atoms with E-state index in [4.69, 9.17) is 5.73 Å². The van der Waals surface area contributed by atoms with E-state index in [-0.39, 0.29) is 0 Å². The lowest BCUT2D eigenvalue weighted by Gasteiger charge is -2.30. The standard InChI is InChI=1S/C11H16N6S/c12-5-8-1-3-17(4-2-8)11-14-10(15-16-11)9-6-13-7-18-9/h6-8H,1-5,12H2,(H,14,15,16). The molecule has 7 heteroatoms. The number of rotatable bonds is 3. The molecule has 1 aliphatic heterocycles. The van der Waals surface area contributed by atoms with Gasteiger partial charge in [-0.25, -0.2) is 0 Å². The van der Waals surface area contributed by atoms with Crippen LogP contribution < -0.4 is 10.6 Å². The van der Waals surface area contributed by atoms with Crippen molar-refractivity contribution in [3.63, 3.8) is 0 Å². The molecule has 0 aromatic carbocycles. The highest BCUT2D eigenvalue weighted by molar-refractivity contribution is 7.13. The fraction of sp³-hybridized carbons (Fsp3) is 0.545. The van der Waals surface area contributed by atoms with E-state index in [1.54, 1.807) is 23.0 Å². The lowest BCUT2D eigenvalue weighted by molar-refractivity contribution is 0.411. The highest BCUT2D eigenvalue weighted by atomic mass is 32.1. The normalized spacial score (nSPS) is 17.3. The highest BCUT2D eigenvalue weighted by Crippen LogP contribution is 2.23. The fourth-order valence-corrected chi connectivity index (χ4v) is 2.77. The van der Waals surface area contributed by atoms with E-state index in [9.17, 15) is 0 Å². The number of thiazole rings is 1. The number of anilines is 1. The third kappa shape index (κ3) is 2.23. The number of nitrogens with two attached hydrogens (primary N) is 1. The van der Waals surface area contributed by atoms with Crippen LogP contribution in [0.3, 0.4) is 0 Å². The Morgan fingerprint density at radius 1 is 1.44 bits per heavy atom. The first kappa shape index (κ1) is 11.6. The zero-order valence-electron chi connectivity index (χ0n) is 10.0. The summed E-state index contributed by atoms with van der Waals surface area (Å²) < 4.78 is 0. The van der Waals surface area contributed by atoms with Crippen LogP contribution in [0, 0.1) is 5.92 Å². The molecule has 0 unspecified atom stereocenters. The van der Waals surface area contributed by atoms with Crippen LogP contribution in [0.1, 0.15) is 12.8 Å². The number of aromatic nitrogens is 4. The molecular weight excluding hydrogens is 248 g/mol. The molecule has 0 bridgehead atoms. The molecule has 0 amide bonds. The molecule has 96 valence electrons. The zero-order valence-corrected chi connectivity index (χ0v) is 10.9. The van der Waals surface area contributed by atoms with Crippen molar-refractivity contribution in [1.82, 2.24) is 20.2 Å². The maximum absolute atomic E-state index is 5.69. The largest absolute Gasteiger partial charge is 0.340 e. The molecule has 2 aromatic heterocycles. The van der Waals surface area contributed by atoms with Gasteiger partial charge in [0.1, 0.15) is 0 Å². The van der Waals surface area contributed by atoms with Crippen LogP contribution in [0.4, 0.5) is 5.95 Å². The van der Waals surface area contributed by atoms with Crippen LogP contribution in [0.25, 0.3) is 10.7 Å². The predicted octanol–water partition coefficient (Wildman–Crippen LogP) is 1.10. The maximum Gasteiger partial charge on any atom is 0.245 e. The summed E-state index contributed by atoms with van der Waals surface area (Å²) in [4.78, 5) is 11.8. The quantitative estimate of drug-likeness (QED) is 0.867. The Morgan fingerprint density at radius 3 is 2.94 bits per heavy atom. The van der Waals surface area contributed by atoms with Crippen LogP contribution in [0.2, 0.25) is 0 Å². The van der Waals surface area contributed by atoms with Gasteiger partial charge in [0.25, 0.3) is 0 Å². The second-order valence-electron chi connectivity index (χ2n) is 4.52. The second kappa shape index (κ2) is 5.03. The maximum atomic E-state index is 5.69. The van der Waals surface area contributed by atoms with Gasteiger partial charge in [-0.2, -0.15) is 4.98 Å². The number of H-pyrrole nitrogens is 1. The SMILES string of the molecule is NCC1CCN(c2n[nH]c(-c3cncs3)n2)CC1. The first-order valence-corrected chi connectivity index (χ1v) is 7.01. The minimum atomic E-state index is 0.654. The van der Waals surface area contributed by atoms with E-state index in [2.05, 4.69) is 25.1 Å². The Kier molecular flexibility index (Phi) is 3.24. The second-order valence-corrected chi connectivity index (χ2v) is 5.40. The first-order valence-electron chi connectivity index (χ1n) is 6.13. The van der Waals surface area contributed by atoms with E-state index >= 15 is 0 Å². The Balaban J connectivity index is 1.71. The lowest BCUT2D eigenvalue weighted by atomic mass is 9.97. The minimum absolute atomic E-state index is 0.654. The third-order valence-corrected chi connectivity index (χ3v) is 4.15. The van der Waals surface area contributed by atoms with Crippen LogP contribution in [-0.2, 0) is 0 Å². The predicted molar refractivity (Wildman–Crippen MR) is 71.5 cm³/mol. The monoisotopic (exact) mass is 264 g/mol. The molecule has 0 spiro atoms. The van der Waals surface area contributed by atoms with Crippen LogP contribution in [0.15, 0.2) is 11.7 Å². The summed E-state index contributed by atoms with van der Waals surface area (Å²) >= 11 is 1.56. The van der Waals surface area contributed by atoms with Gasteiger partial charge in [-0.15, -0.1) is 16.4 Å². The molecule has 1 saturated heterocycles. The average Bonchev–Trinajstić information content (AvgIpc) is 3.09. The summed E-state index contributed by atoms with van der Waals surface area (Å²) in [5, 5.41) is 7.26. The summed E-state index contributed by atoms with van der Waals surface area (Å²) in [5.74, 6) is 2.24. The molecular formula is C11H16N6S. The number of nitrogens with one attached hydrogen (secondary N) is 1. The molecule has 2 aromatic rings. The van der Waals surface area contributed by atoms with E-state index in [0.29, 0.717) is 5.92 Å². The number of aromatic amines is 1. The van der Waals surface area contributed by atoms with Gasteiger partial charge >= 0.3 is 0 Å². The van der Waals surface area contributed by atoms with Crippen molar-refractivity contribution < 1.29 is 0 Å². The van der Waals surface area contributed by atoms with Gasteiger partial charge < -0.3 is 10.6 Å². The van der Waals surface area contributed by atoms with Crippen molar-refractivity contribution in [2.24, 2.45) is 11.7 Å². The Hall–Kier alpha value is -1.47. The third-order valence-electron chi connectivity index (χ3n) is 3.37. The number of hydrogen-bond donors (Lipinski definition) is 2. The molecule has 0 atom stereocenters. The van der Waals surface area contributed by atoms with Gasteiger partial charge in [0.15, 0.2) is 5.82 Å². The molecule has 3 heterocycles. The van der Waals surface area contributed by atoms with Gasteiger partial charge in [0, 0.05) is 19.3 Å². The molecule has 0 saturated carbocycles. The average molecular weight is 264 g/mol. The molecule has 0 radical (unpaired) electrons. The van der Waals surface area contributed by atoms with Gasteiger partial charge in [0.2, 0.25) is 5.95 Å². The molecule has 3 N–H and O–H groups in total. The summed E-state index contributed by atoms with van der Waals surface area (Å²) in [7, 11) is 0. The van der Waals surface area contributed by atoms with Gasteiger partial charge in [-0.05, 0) is 25.3 Å². The summed E-state index contributed by atoms with van der Waals surface area (Å²) in [6.07, 6.45) is 4.05. The number of piperidine rings is 1. The molecule has 0 aliphatic carbocycles. The molecule has 18 heavy (non-hydrogen) atoms. The molecule has 6 nitrogen and oxygen atoms in total. The van der Waals surface area contributed by atoms with E-state index in [1.807, 2.05) is 0 Å². The van der Waals surface area contributed by atoms with Crippen molar-refractivity contribution in [2.75, 3.05) is 24.5 Å². The lowest BCUT2D eigenvalue weighted by Crippen LogP contribution is -2.36. The topological polar surface area (TPSA) is 83.7 Å². The first-order chi connectivity index (χ1) is 8.86. The Bertz CT molecular complexity index is 485. The van der Waals surface area contributed by atoms with Crippen molar-refractivity contribution in [3.05, 3.63) is 11.7 Å². The van der Waals surface area contributed by atoms with Crippen LogP contribution in [-0.4, -0.2) is 39.8 Å². The number of nitrogens with zero attached hydrogens (tertiary/aromatic N) is 4. The van der Waals surface area contributed by atoms with E-state index < -0.39 is 0 Å². The van der Waals surface area contributed by atoms with Gasteiger partial charge in [-0.3, -0.25) is 10.1 Å². The Labute approximate surface area is 109 Å². The van der Waals surface area contributed by atoms with Crippen molar-refractivity contribution >= 4 is 17.3 Å². The van der Waals surface area contributed by atoms with Crippen LogP contribution >= 0.6 is 11.3 Å². The summed E-state index contributed by atoms with van der Waals surface area (Å²) in [6.45, 7) is 2.76. The summed E-state index contributed by atoms with van der Waals surface area (Å²) in [5.41, 5.74) is 7.49. The smallest absolute Gasteiger partial charge is 0.245 e. The van der Waals surface area contributed by atoms with Gasteiger partial charge in [0.05, 0.1) is 10.4 Å². The highest BCUT2D eigenvalue weighted by Gasteiger charge is 2.21. The van der Waals surface area contributed by atoms with Crippen molar-refractivity contribution in [2.45, 2.75) is 12.8 Å². The zero-order chi connectivity index (χ0) is 12.4. The molecule has 3 rings (SSSR count). The van der Waals surface area contributed by atoms with Gasteiger partial charge in [-0.1, -0.05) is 0 Å². The van der Waals surface area contributed by atoms with Crippen molar-refractivity contribution in [3.8, 4) is 10.7 Å². The molecule has 1 aliphatic rings. The molecule has 1 fully saturated rings. The van der Waals surface area contributed by atoms with E-state index in [1.165, 1.54) is 0 Å².